The second-order valence-corrected chi connectivity index (χ2v) is 5.85. The number of carbonyl (C=O) groups excluding carboxylic acids is 1. The minimum absolute atomic E-state index is 0.117. The number of aliphatic hydroxyl groups excluding tert-OH is 1. The first-order valence-corrected chi connectivity index (χ1v) is 8.06. The third kappa shape index (κ3) is 3.83. The maximum Gasteiger partial charge on any atom is 0.270 e. The number of benzene rings is 1. The van der Waals surface area contributed by atoms with Crippen molar-refractivity contribution in [3.05, 3.63) is 65.1 Å². The maximum absolute atomic E-state index is 13.6. The third-order valence-electron chi connectivity index (χ3n) is 3.31. The fourth-order valence-electron chi connectivity index (χ4n) is 2.12. The van der Waals surface area contributed by atoms with E-state index in [0.29, 0.717) is 10.7 Å². The van der Waals surface area contributed by atoms with Crippen LogP contribution >= 0.6 is 11.3 Å². The van der Waals surface area contributed by atoms with Gasteiger partial charge >= 0.3 is 0 Å². The monoisotopic (exact) mass is 362 g/mol. The molecule has 2 N–H and O–H groups in total. The number of nitrogens with one attached hydrogen (secondary N) is 1. The Morgan fingerprint density at radius 1 is 1.28 bits per heavy atom. The van der Waals surface area contributed by atoms with Gasteiger partial charge in [-0.05, 0) is 12.1 Å². The fraction of sp³-hybridized carbons (Fsp3) is 0.125. The van der Waals surface area contributed by atoms with Gasteiger partial charge in [-0.25, -0.2) is 13.8 Å². The second kappa shape index (κ2) is 7.41. The van der Waals surface area contributed by atoms with Crippen LogP contribution in [0.2, 0.25) is 0 Å². The lowest BCUT2D eigenvalue weighted by molar-refractivity contribution is 0.0907. The zero-order chi connectivity index (χ0) is 17.8. The highest BCUT2D eigenvalue weighted by atomic mass is 32.1. The summed E-state index contributed by atoms with van der Waals surface area (Å²) in [5, 5.41) is 14.4. The number of hydrogen-bond acceptors (Lipinski definition) is 6. The second-order valence-electron chi connectivity index (χ2n) is 4.99. The first-order chi connectivity index (χ1) is 12.1. The van der Waals surface area contributed by atoms with Crippen molar-refractivity contribution in [2.75, 3.05) is 6.54 Å². The van der Waals surface area contributed by atoms with E-state index in [0.717, 1.165) is 12.1 Å². The molecule has 128 valence electrons. The van der Waals surface area contributed by atoms with Crippen LogP contribution in [0.25, 0.3) is 10.7 Å². The molecule has 2 aromatic heterocycles. The normalized spacial score (nSPS) is 12.0. The van der Waals surface area contributed by atoms with Crippen molar-refractivity contribution in [1.29, 1.82) is 0 Å². The Balaban J connectivity index is 1.66. The number of amides is 1. The highest BCUT2D eigenvalue weighted by molar-refractivity contribution is 7.13. The van der Waals surface area contributed by atoms with Gasteiger partial charge in [0.05, 0.1) is 11.8 Å². The number of carbonyl (C=O) groups is 1. The van der Waals surface area contributed by atoms with E-state index in [1.54, 1.807) is 0 Å². The average Bonchev–Trinajstić information content (AvgIpc) is 3.10. The molecule has 1 aromatic carbocycles. The van der Waals surface area contributed by atoms with E-state index in [2.05, 4.69) is 20.3 Å². The molecule has 25 heavy (non-hydrogen) atoms. The standard InChI is InChI=1S/C16H12F2N4O2S/c17-9-2-1-3-10(18)14(9)13(23)7-21-15(24)12-8-25-16(22-12)11-6-19-4-5-20-11/h1-6,8,13,23H,7H2,(H,21,24). The van der Waals surface area contributed by atoms with E-state index in [-0.39, 0.29) is 12.2 Å². The zero-order valence-corrected chi connectivity index (χ0v) is 13.5. The Kier molecular flexibility index (Phi) is 5.05. The summed E-state index contributed by atoms with van der Waals surface area (Å²) in [5.41, 5.74) is 0.160. The van der Waals surface area contributed by atoms with E-state index in [1.807, 2.05) is 0 Å². The van der Waals surface area contributed by atoms with Gasteiger partial charge in [-0.3, -0.25) is 14.8 Å². The quantitative estimate of drug-likeness (QED) is 0.727. The first kappa shape index (κ1) is 17.1. The minimum atomic E-state index is -1.51. The van der Waals surface area contributed by atoms with Crippen molar-refractivity contribution >= 4 is 17.2 Å². The summed E-state index contributed by atoms with van der Waals surface area (Å²) in [7, 11) is 0. The number of rotatable bonds is 5. The molecule has 0 aliphatic rings. The molecule has 0 radical (unpaired) electrons. The molecule has 1 unspecified atom stereocenters. The number of nitrogens with zero attached hydrogens (tertiary/aromatic N) is 3. The Hall–Kier alpha value is -2.78. The molecule has 9 heteroatoms. The molecule has 0 saturated heterocycles. The molecule has 0 aliphatic heterocycles. The molecular weight excluding hydrogens is 350 g/mol. The molecule has 2 heterocycles. The van der Waals surface area contributed by atoms with Gasteiger partial charge in [0.15, 0.2) is 0 Å². The highest BCUT2D eigenvalue weighted by Gasteiger charge is 2.19. The molecule has 0 aliphatic carbocycles. The molecule has 0 saturated carbocycles. The van der Waals surface area contributed by atoms with Gasteiger partial charge in [-0.2, -0.15) is 0 Å². The largest absolute Gasteiger partial charge is 0.386 e. The summed E-state index contributed by atoms with van der Waals surface area (Å²) < 4.78 is 27.2. The molecule has 1 amide bonds. The number of halogens is 2. The van der Waals surface area contributed by atoms with Gasteiger partial charge < -0.3 is 10.4 Å². The van der Waals surface area contributed by atoms with Crippen LogP contribution < -0.4 is 5.32 Å². The summed E-state index contributed by atoms with van der Waals surface area (Å²) in [6, 6.07) is 3.27. The van der Waals surface area contributed by atoms with Gasteiger partial charge in [-0.1, -0.05) is 6.07 Å². The van der Waals surface area contributed by atoms with Crippen molar-refractivity contribution in [3.8, 4) is 10.7 Å². The van der Waals surface area contributed by atoms with Crippen molar-refractivity contribution < 1.29 is 18.7 Å². The molecule has 6 nitrogen and oxygen atoms in total. The Morgan fingerprint density at radius 2 is 2.04 bits per heavy atom. The van der Waals surface area contributed by atoms with E-state index in [1.165, 1.54) is 41.4 Å². The molecule has 1 atom stereocenters. The van der Waals surface area contributed by atoms with Gasteiger partial charge in [0, 0.05) is 24.3 Å². The number of aromatic nitrogens is 3. The van der Waals surface area contributed by atoms with Crippen molar-refractivity contribution in [1.82, 2.24) is 20.3 Å². The minimum Gasteiger partial charge on any atom is -0.386 e. The lowest BCUT2D eigenvalue weighted by Gasteiger charge is -2.13. The lowest BCUT2D eigenvalue weighted by atomic mass is 10.1. The molecule has 0 fully saturated rings. The van der Waals surface area contributed by atoms with E-state index in [9.17, 15) is 18.7 Å². The number of thiazole rings is 1. The van der Waals surface area contributed by atoms with Crippen LogP contribution in [-0.4, -0.2) is 32.5 Å². The zero-order valence-electron chi connectivity index (χ0n) is 12.7. The smallest absolute Gasteiger partial charge is 0.270 e. The third-order valence-corrected chi connectivity index (χ3v) is 4.17. The molecule has 0 bridgehead atoms. The Morgan fingerprint density at radius 3 is 2.72 bits per heavy atom. The van der Waals surface area contributed by atoms with Crippen molar-refractivity contribution in [2.24, 2.45) is 0 Å². The highest BCUT2D eigenvalue weighted by Crippen LogP contribution is 2.22. The van der Waals surface area contributed by atoms with Crippen LogP contribution in [0.15, 0.2) is 42.2 Å². The van der Waals surface area contributed by atoms with Gasteiger partial charge in [0.2, 0.25) is 0 Å². The van der Waals surface area contributed by atoms with Crippen LogP contribution in [-0.2, 0) is 0 Å². The number of aliphatic hydroxyl groups is 1. The average molecular weight is 362 g/mol. The van der Waals surface area contributed by atoms with E-state index in [4.69, 9.17) is 0 Å². The summed E-state index contributed by atoms with van der Waals surface area (Å²) in [5.74, 6) is -2.32. The summed E-state index contributed by atoms with van der Waals surface area (Å²) in [4.78, 5) is 24.2. The van der Waals surface area contributed by atoms with Crippen LogP contribution in [0.5, 0.6) is 0 Å². The van der Waals surface area contributed by atoms with Crippen molar-refractivity contribution in [2.45, 2.75) is 6.10 Å². The van der Waals surface area contributed by atoms with Crippen LogP contribution in [0.3, 0.4) is 0 Å². The van der Waals surface area contributed by atoms with Gasteiger partial charge in [0.1, 0.15) is 34.1 Å². The predicted molar refractivity (Wildman–Crippen MR) is 86.8 cm³/mol. The molecular formula is C16H12F2N4O2S. The topological polar surface area (TPSA) is 88.0 Å². The van der Waals surface area contributed by atoms with E-state index < -0.39 is 29.2 Å². The summed E-state index contributed by atoms with van der Waals surface area (Å²) in [6.07, 6.45) is 3.04. The van der Waals surface area contributed by atoms with Crippen LogP contribution in [0.4, 0.5) is 8.78 Å². The summed E-state index contributed by atoms with van der Waals surface area (Å²) >= 11 is 1.21. The lowest BCUT2D eigenvalue weighted by Crippen LogP contribution is -2.29. The SMILES string of the molecule is O=C(NCC(O)c1c(F)cccc1F)c1csc(-c2cnccn2)n1. The summed E-state index contributed by atoms with van der Waals surface area (Å²) in [6.45, 7) is -0.352. The van der Waals surface area contributed by atoms with Crippen LogP contribution in [0, 0.1) is 11.6 Å². The maximum atomic E-state index is 13.6. The van der Waals surface area contributed by atoms with Gasteiger partial charge in [-0.15, -0.1) is 11.3 Å². The van der Waals surface area contributed by atoms with E-state index >= 15 is 0 Å². The van der Waals surface area contributed by atoms with Crippen LogP contribution in [0.1, 0.15) is 22.2 Å². The molecule has 3 aromatic rings. The molecule has 3 rings (SSSR count). The molecule has 0 spiro atoms. The Labute approximate surface area is 145 Å². The van der Waals surface area contributed by atoms with Gasteiger partial charge in [0.25, 0.3) is 5.91 Å². The first-order valence-electron chi connectivity index (χ1n) is 7.18. The van der Waals surface area contributed by atoms with Crippen molar-refractivity contribution in [3.63, 3.8) is 0 Å². The number of hydrogen-bond donors (Lipinski definition) is 2. The fourth-order valence-corrected chi connectivity index (χ4v) is 2.88. The Bertz CT molecular complexity index is 869. The predicted octanol–water partition coefficient (Wildman–Crippen LogP) is 2.34.